The Balaban J connectivity index is 2.16. The molecule has 0 aromatic heterocycles. The monoisotopic (exact) mass is 216 g/mol. The van der Waals surface area contributed by atoms with E-state index < -0.39 is 0 Å². The lowest BCUT2D eigenvalue weighted by Gasteiger charge is -2.28. The molecule has 1 aliphatic heterocycles. The lowest BCUT2D eigenvalue weighted by Crippen LogP contribution is -3.28. The Morgan fingerprint density at radius 2 is 1.73 bits per heavy atom. The Bertz CT molecular complexity index is 189. The summed E-state index contributed by atoms with van der Waals surface area (Å²) >= 11 is 0. The first-order chi connectivity index (χ1) is 7.26. The number of rotatable bonds is 5. The van der Waals surface area contributed by atoms with E-state index in [1.165, 1.54) is 31.0 Å². The standard InChI is InChI=1S/C11H22N2O2/c1-3-5-12-6-8-13(9-7-12)10-11(14)15-4-2/h3-10H2,1-2H3/p+2. The van der Waals surface area contributed by atoms with Crippen LogP contribution in [0.4, 0.5) is 0 Å². The Labute approximate surface area is 92.2 Å². The van der Waals surface area contributed by atoms with E-state index in [4.69, 9.17) is 4.74 Å². The third-order valence-electron chi connectivity index (χ3n) is 2.97. The van der Waals surface area contributed by atoms with Crippen LogP contribution in [0.1, 0.15) is 20.3 Å². The molecule has 1 saturated heterocycles. The lowest BCUT2D eigenvalue weighted by atomic mass is 10.3. The maximum atomic E-state index is 11.3. The van der Waals surface area contributed by atoms with Crippen LogP contribution in [0.15, 0.2) is 0 Å². The van der Waals surface area contributed by atoms with E-state index in [9.17, 15) is 4.79 Å². The van der Waals surface area contributed by atoms with Gasteiger partial charge in [-0.05, 0) is 13.3 Å². The smallest absolute Gasteiger partial charge is 0.361 e. The average Bonchev–Trinajstić information content (AvgIpc) is 2.22. The van der Waals surface area contributed by atoms with Crippen molar-refractivity contribution in [2.75, 3.05) is 45.9 Å². The van der Waals surface area contributed by atoms with Crippen LogP contribution in [0.5, 0.6) is 0 Å². The molecule has 0 spiro atoms. The molecule has 0 aliphatic carbocycles. The number of hydrogen-bond donors (Lipinski definition) is 2. The molecule has 0 atom stereocenters. The summed E-state index contributed by atoms with van der Waals surface area (Å²) in [7, 11) is 0. The third-order valence-corrected chi connectivity index (χ3v) is 2.97. The van der Waals surface area contributed by atoms with E-state index in [0.717, 1.165) is 13.1 Å². The number of carbonyl (C=O) groups is 1. The summed E-state index contributed by atoms with van der Waals surface area (Å²) in [4.78, 5) is 14.3. The van der Waals surface area contributed by atoms with Gasteiger partial charge in [0.1, 0.15) is 26.2 Å². The highest BCUT2D eigenvalue weighted by atomic mass is 16.5. The minimum absolute atomic E-state index is 0.0496. The molecule has 15 heavy (non-hydrogen) atoms. The van der Waals surface area contributed by atoms with E-state index in [2.05, 4.69) is 6.92 Å². The number of nitrogens with one attached hydrogen (secondary N) is 2. The molecule has 1 rings (SSSR count). The van der Waals surface area contributed by atoms with E-state index in [1.807, 2.05) is 6.92 Å². The molecule has 0 bridgehead atoms. The van der Waals surface area contributed by atoms with E-state index in [0.29, 0.717) is 13.2 Å². The van der Waals surface area contributed by atoms with E-state index in [1.54, 1.807) is 4.90 Å². The Hall–Kier alpha value is -0.610. The van der Waals surface area contributed by atoms with Crippen molar-refractivity contribution < 1.29 is 19.3 Å². The highest BCUT2D eigenvalue weighted by Crippen LogP contribution is 1.73. The minimum atomic E-state index is -0.0496. The molecule has 0 radical (unpaired) electrons. The van der Waals surface area contributed by atoms with Crippen LogP contribution in [-0.2, 0) is 9.53 Å². The van der Waals surface area contributed by atoms with Crippen molar-refractivity contribution in [2.24, 2.45) is 0 Å². The Morgan fingerprint density at radius 1 is 1.13 bits per heavy atom. The number of esters is 1. The average molecular weight is 216 g/mol. The summed E-state index contributed by atoms with van der Waals surface area (Å²) in [6, 6.07) is 0. The zero-order valence-corrected chi connectivity index (χ0v) is 9.97. The second kappa shape index (κ2) is 6.80. The third kappa shape index (κ3) is 4.62. The zero-order chi connectivity index (χ0) is 11.1. The predicted molar refractivity (Wildman–Crippen MR) is 58.1 cm³/mol. The van der Waals surface area contributed by atoms with E-state index >= 15 is 0 Å². The molecule has 0 aromatic carbocycles. The summed E-state index contributed by atoms with van der Waals surface area (Å²) in [5, 5.41) is 0. The molecule has 1 aliphatic rings. The number of carbonyl (C=O) groups excluding carboxylic acids is 1. The molecule has 1 heterocycles. The number of ether oxygens (including phenoxy) is 1. The first-order valence-electron chi connectivity index (χ1n) is 6.09. The van der Waals surface area contributed by atoms with Gasteiger partial charge in [0.2, 0.25) is 0 Å². The van der Waals surface area contributed by atoms with Gasteiger partial charge in [0.05, 0.1) is 13.2 Å². The van der Waals surface area contributed by atoms with Gasteiger partial charge in [-0.2, -0.15) is 0 Å². The van der Waals surface area contributed by atoms with Crippen LogP contribution in [0.25, 0.3) is 0 Å². The van der Waals surface area contributed by atoms with Crippen LogP contribution in [0.3, 0.4) is 0 Å². The maximum absolute atomic E-state index is 11.3. The first kappa shape index (κ1) is 12.5. The van der Waals surface area contributed by atoms with Gasteiger partial charge in [-0.25, -0.2) is 4.79 Å². The molecule has 0 saturated carbocycles. The van der Waals surface area contributed by atoms with Crippen LogP contribution in [0.2, 0.25) is 0 Å². The topological polar surface area (TPSA) is 35.2 Å². The van der Waals surface area contributed by atoms with Gasteiger partial charge in [-0.3, -0.25) is 0 Å². The minimum Gasteiger partial charge on any atom is -0.462 e. The predicted octanol–water partition coefficient (Wildman–Crippen LogP) is -2.26. The molecule has 2 N–H and O–H groups in total. The molecule has 0 aromatic rings. The second-order valence-corrected chi connectivity index (χ2v) is 4.23. The van der Waals surface area contributed by atoms with Gasteiger partial charge >= 0.3 is 5.97 Å². The second-order valence-electron chi connectivity index (χ2n) is 4.23. The highest BCUT2D eigenvalue weighted by Gasteiger charge is 2.24. The molecular weight excluding hydrogens is 192 g/mol. The van der Waals surface area contributed by atoms with Gasteiger partial charge in [0.15, 0.2) is 6.54 Å². The molecule has 0 amide bonds. The van der Waals surface area contributed by atoms with Gasteiger partial charge in [-0.15, -0.1) is 0 Å². The van der Waals surface area contributed by atoms with Crippen molar-refractivity contribution in [3.8, 4) is 0 Å². The van der Waals surface area contributed by atoms with E-state index in [-0.39, 0.29) is 5.97 Å². The maximum Gasteiger partial charge on any atom is 0.361 e. The Kier molecular flexibility index (Phi) is 5.65. The number of quaternary nitrogens is 2. The van der Waals surface area contributed by atoms with Crippen molar-refractivity contribution >= 4 is 5.97 Å². The summed E-state index contributed by atoms with van der Waals surface area (Å²) < 4.78 is 4.95. The SMILES string of the molecule is CCC[NH+]1CC[NH+](CC(=O)OCC)CC1. The summed E-state index contributed by atoms with van der Waals surface area (Å²) in [6.07, 6.45) is 1.25. The van der Waals surface area contributed by atoms with Gasteiger partial charge in [-0.1, -0.05) is 6.92 Å². The van der Waals surface area contributed by atoms with Crippen LogP contribution < -0.4 is 9.80 Å². The Morgan fingerprint density at radius 3 is 2.27 bits per heavy atom. The summed E-state index contributed by atoms with van der Waals surface area (Å²) in [5.41, 5.74) is 0. The van der Waals surface area contributed by atoms with Gasteiger partial charge in [0.25, 0.3) is 0 Å². The quantitative estimate of drug-likeness (QED) is 0.509. The first-order valence-corrected chi connectivity index (χ1v) is 6.09. The largest absolute Gasteiger partial charge is 0.462 e. The molecule has 88 valence electrons. The number of hydrogen-bond acceptors (Lipinski definition) is 2. The van der Waals surface area contributed by atoms with Crippen molar-refractivity contribution in [2.45, 2.75) is 20.3 Å². The molecular formula is C11H24N2O2+2. The van der Waals surface area contributed by atoms with Crippen molar-refractivity contribution in [1.82, 2.24) is 0 Å². The number of piperazine rings is 1. The summed E-state index contributed by atoms with van der Waals surface area (Å²) in [6.45, 7) is 11.0. The fourth-order valence-corrected chi connectivity index (χ4v) is 2.15. The zero-order valence-electron chi connectivity index (χ0n) is 9.97. The summed E-state index contributed by atoms with van der Waals surface area (Å²) in [5.74, 6) is -0.0496. The molecule has 4 heteroatoms. The normalized spacial score (nSPS) is 26.3. The van der Waals surface area contributed by atoms with Crippen molar-refractivity contribution in [3.63, 3.8) is 0 Å². The fraction of sp³-hybridized carbons (Fsp3) is 0.909. The molecule has 0 unspecified atom stereocenters. The molecule has 4 nitrogen and oxygen atoms in total. The van der Waals surface area contributed by atoms with Crippen LogP contribution >= 0.6 is 0 Å². The van der Waals surface area contributed by atoms with Crippen LogP contribution in [0, 0.1) is 0 Å². The highest BCUT2D eigenvalue weighted by molar-refractivity contribution is 5.70. The van der Waals surface area contributed by atoms with Crippen molar-refractivity contribution in [3.05, 3.63) is 0 Å². The fourth-order valence-electron chi connectivity index (χ4n) is 2.15. The van der Waals surface area contributed by atoms with Gasteiger partial charge < -0.3 is 14.5 Å². The van der Waals surface area contributed by atoms with Crippen LogP contribution in [-0.4, -0.2) is 51.8 Å². The van der Waals surface area contributed by atoms with Gasteiger partial charge in [0, 0.05) is 0 Å². The molecule has 1 fully saturated rings. The van der Waals surface area contributed by atoms with Crippen molar-refractivity contribution in [1.29, 1.82) is 0 Å². The lowest BCUT2D eigenvalue weighted by molar-refractivity contribution is -1.01.